The molecule has 10 nitrogen and oxygen atoms in total. The van der Waals surface area contributed by atoms with Crippen LogP contribution in [0, 0.1) is 12.8 Å². The summed E-state index contributed by atoms with van der Waals surface area (Å²) < 4.78 is 55.2. The maximum absolute atomic E-state index is 13.8. The monoisotopic (exact) mass is 576 g/mol. The second kappa shape index (κ2) is 13.6. The van der Waals surface area contributed by atoms with Crippen molar-refractivity contribution >= 4 is 29.7 Å². The first-order valence-corrected chi connectivity index (χ1v) is 15.0. The molecule has 208 valence electrons. The van der Waals surface area contributed by atoms with Crippen LogP contribution < -0.4 is 0 Å². The summed E-state index contributed by atoms with van der Waals surface area (Å²) in [6, 6.07) is 23.0. The minimum atomic E-state index is -4.53. The van der Waals surface area contributed by atoms with Crippen molar-refractivity contribution in [1.29, 1.82) is 0 Å². The van der Waals surface area contributed by atoms with Gasteiger partial charge >= 0.3 is 19.5 Å². The van der Waals surface area contributed by atoms with Gasteiger partial charge in [-0.15, -0.1) is 0 Å². The third-order valence-corrected chi connectivity index (χ3v) is 8.93. The number of rotatable bonds is 15. The molecule has 12 heteroatoms. The van der Waals surface area contributed by atoms with Crippen molar-refractivity contribution in [3.63, 3.8) is 0 Å². The highest BCUT2D eigenvalue weighted by Crippen LogP contribution is 2.52. The highest BCUT2D eigenvalue weighted by molar-refractivity contribution is 7.86. The maximum atomic E-state index is 13.8. The van der Waals surface area contributed by atoms with Gasteiger partial charge in [-0.1, -0.05) is 78.4 Å². The molecule has 0 aliphatic heterocycles. The maximum Gasteiger partial charge on any atom is 0.334 e. The lowest BCUT2D eigenvalue weighted by molar-refractivity contribution is -0.148. The molecule has 3 aromatic rings. The van der Waals surface area contributed by atoms with Crippen molar-refractivity contribution in [2.45, 2.75) is 37.6 Å². The molecule has 0 saturated carbocycles. The number of carboxylic acid groups (broad SMARTS) is 2. The van der Waals surface area contributed by atoms with E-state index < -0.39 is 54.3 Å². The van der Waals surface area contributed by atoms with Crippen LogP contribution in [0.4, 0.5) is 0 Å². The van der Waals surface area contributed by atoms with Crippen molar-refractivity contribution in [3.05, 3.63) is 102 Å². The topological polar surface area (TPSA) is 154 Å². The average molecular weight is 577 g/mol. The Balaban J connectivity index is 1.81. The van der Waals surface area contributed by atoms with Gasteiger partial charge in [0, 0.05) is 0 Å². The quantitative estimate of drug-likeness (QED) is 0.189. The second-order valence-corrected chi connectivity index (χ2v) is 12.4. The lowest BCUT2D eigenvalue weighted by Gasteiger charge is -2.24. The minimum absolute atomic E-state index is 0.153. The first kappa shape index (κ1) is 30.2. The average Bonchev–Trinajstić information content (AvgIpc) is 2.91. The summed E-state index contributed by atoms with van der Waals surface area (Å²) in [5.41, 5.74) is 2.09. The molecule has 2 N–H and O–H groups in total. The molecule has 3 rings (SSSR count). The molecule has 2 atom stereocenters. The van der Waals surface area contributed by atoms with E-state index in [1.807, 2.05) is 0 Å². The van der Waals surface area contributed by atoms with E-state index in [0.29, 0.717) is 11.1 Å². The molecule has 0 amide bonds. The van der Waals surface area contributed by atoms with Crippen molar-refractivity contribution < 1.29 is 46.0 Å². The lowest BCUT2D eigenvalue weighted by atomic mass is 10.0. The van der Waals surface area contributed by atoms with E-state index >= 15 is 0 Å². The number of aryl methyl sites for hydroxylation is 1. The summed E-state index contributed by atoms with van der Waals surface area (Å²) in [5, 5.41) is 19.5. The van der Waals surface area contributed by atoms with Crippen molar-refractivity contribution in [3.8, 4) is 0 Å². The summed E-state index contributed by atoms with van der Waals surface area (Å²) in [6.45, 7) is 1.44. The van der Waals surface area contributed by atoms with Crippen LogP contribution in [0.5, 0.6) is 0 Å². The van der Waals surface area contributed by atoms with E-state index in [0.717, 1.165) is 5.56 Å². The number of benzene rings is 3. The van der Waals surface area contributed by atoms with Gasteiger partial charge in [0.25, 0.3) is 10.1 Å². The van der Waals surface area contributed by atoms with E-state index in [4.69, 9.17) is 13.2 Å². The third-order valence-electron chi connectivity index (χ3n) is 5.66. The van der Waals surface area contributed by atoms with Crippen LogP contribution in [0.25, 0.3) is 0 Å². The van der Waals surface area contributed by atoms with Crippen LogP contribution in [-0.2, 0) is 50.7 Å². The normalized spacial score (nSPS) is 13.5. The fraction of sp³-hybridized carbons (Fsp3) is 0.259. The van der Waals surface area contributed by atoms with Gasteiger partial charge in [0.15, 0.2) is 6.10 Å². The van der Waals surface area contributed by atoms with Crippen LogP contribution in [0.1, 0.15) is 23.1 Å². The first-order valence-electron chi connectivity index (χ1n) is 11.9. The zero-order chi connectivity index (χ0) is 28.5. The van der Waals surface area contributed by atoms with Crippen molar-refractivity contribution in [2.24, 2.45) is 5.92 Å². The van der Waals surface area contributed by atoms with E-state index in [2.05, 4.69) is 0 Å². The van der Waals surface area contributed by atoms with Gasteiger partial charge in [0.1, 0.15) is 0 Å². The molecule has 3 aromatic carbocycles. The fourth-order valence-corrected chi connectivity index (χ4v) is 6.38. The zero-order valence-corrected chi connectivity index (χ0v) is 22.8. The minimum Gasteiger partial charge on any atom is -0.481 e. The van der Waals surface area contributed by atoms with Crippen molar-refractivity contribution in [2.75, 3.05) is 6.16 Å². The summed E-state index contributed by atoms with van der Waals surface area (Å²) in [5.74, 6) is -4.83. The molecular weight excluding hydrogens is 547 g/mol. The summed E-state index contributed by atoms with van der Waals surface area (Å²) in [4.78, 5) is 23.7. The van der Waals surface area contributed by atoms with Crippen LogP contribution >= 0.6 is 7.60 Å². The predicted molar refractivity (Wildman–Crippen MR) is 142 cm³/mol. The number of carbonyl (C=O) groups is 2. The summed E-state index contributed by atoms with van der Waals surface area (Å²) >= 11 is 0. The van der Waals surface area contributed by atoms with E-state index in [1.54, 1.807) is 67.6 Å². The Bertz CT molecular complexity index is 1350. The van der Waals surface area contributed by atoms with E-state index in [-0.39, 0.29) is 18.1 Å². The Morgan fingerprint density at radius 1 is 0.795 bits per heavy atom. The molecule has 0 saturated heterocycles. The Morgan fingerprint density at radius 2 is 1.28 bits per heavy atom. The zero-order valence-electron chi connectivity index (χ0n) is 21.1. The molecule has 0 aliphatic carbocycles. The largest absolute Gasteiger partial charge is 0.481 e. The van der Waals surface area contributed by atoms with Crippen LogP contribution in [0.3, 0.4) is 0 Å². The van der Waals surface area contributed by atoms with Gasteiger partial charge in [-0.3, -0.25) is 13.5 Å². The molecule has 0 bridgehead atoms. The molecule has 0 heterocycles. The summed E-state index contributed by atoms with van der Waals surface area (Å²) in [7, 11) is -8.67. The molecule has 0 fully saturated rings. The number of aliphatic carboxylic acids is 2. The number of hydrogen-bond acceptors (Lipinski definition) is 8. The smallest absolute Gasteiger partial charge is 0.334 e. The highest BCUT2D eigenvalue weighted by atomic mass is 32.2. The molecular formula is C27H29O10PS. The van der Waals surface area contributed by atoms with Gasteiger partial charge < -0.3 is 19.3 Å². The molecule has 0 spiro atoms. The second-order valence-electron chi connectivity index (χ2n) is 8.77. The van der Waals surface area contributed by atoms with E-state index in [1.165, 1.54) is 24.3 Å². The van der Waals surface area contributed by atoms with Gasteiger partial charge in [-0.05, 0) is 36.6 Å². The highest BCUT2D eigenvalue weighted by Gasteiger charge is 2.38. The summed E-state index contributed by atoms with van der Waals surface area (Å²) in [6.07, 6.45) is -3.57. The lowest BCUT2D eigenvalue weighted by Crippen LogP contribution is -2.33. The fourth-order valence-electron chi connectivity index (χ4n) is 3.51. The Kier molecular flexibility index (Phi) is 10.6. The third kappa shape index (κ3) is 9.42. The molecule has 1 unspecified atom stereocenters. The van der Waals surface area contributed by atoms with E-state index in [9.17, 15) is 32.8 Å². The Morgan fingerprint density at radius 3 is 1.72 bits per heavy atom. The van der Waals surface area contributed by atoms with Crippen LogP contribution in [0.2, 0.25) is 0 Å². The van der Waals surface area contributed by atoms with Gasteiger partial charge in [0.05, 0.1) is 30.2 Å². The number of carboxylic acids is 2. The predicted octanol–water partition coefficient (Wildman–Crippen LogP) is 4.87. The standard InChI is InChI=1S/C27H29O10PS/c1-20-12-14-24(15-13-20)39(33,34)37-25(27(30)31)16-23(26(28)29)19-38(32,35-17-21-8-4-2-5-9-21)36-18-22-10-6-3-7-11-22/h2-15,23,25H,16-19H2,1H3,(H,28,29)(H,30,31)/t23?,25-/m0/s1. The Hall–Kier alpha value is -3.34. The Labute approximate surface area is 226 Å². The first-order chi connectivity index (χ1) is 18.5. The van der Waals surface area contributed by atoms with Crippen molar-refractivity contribution in [1.82, 2.24) is 0 Å². The molecule has 0 aliphatic rings. The number of hydrogen-bond donors (Lipinski definition) is 2. The van der Waals surface area contributed by atoms with Gasteiger partial charge in [0.2, 0.25) is 0 Å². The molecule has 0 radical (unpaired) electrons. The van der Waals surface area contributed by atoms with Gasteiger partial charge in [-0.25, -0.2) is 4.79 Å². The molecule has 39 heavy (non-hydrogen) atoms. The SMILES string of the molecule is Cc1ccc(S(=O)(=O)O[C@@H](CC(CP(=O)(OCc2ccccc2)OCc2ccccc2)C(=O)O)C(=O)O)cc1. The van der Waals surface area contributed by atoms with Crippen LogP contribution in [-0.4, -0.2) is 42.8 Å². The van der Waals surface area contributed by atoms with Gasteiger partial charge in [-0.2, -0.15) is 8.42 Å². The molecule has 0 aromatic heterocycles. The van der Waals surface area contributed by atoms with Crippen LogP contribution in [0.15, 0.2) is 89.8 Å².